The highest BCUT2D eigenvalue weighted by atomic mass is 16.5. The molecule has 0 aromatic heterocycles. The molecule has 0 aromatic rings. The van der Waals surface area contributed by atoms with Gasteiger partial charge in [-0.15, -0.1) is 0 Å². The van der Waals surface area contributed by atoms with E-state index >= 15 is 0 Å². The van der Waals surface area contributed by atoms with Gasteiger partial charge in [0.25, 0.3) is 0 Å². The number of methoxy groups -OCH3 is 1. The second-order valence-corrected chi connectivity index (χ2v) is 5.58. The van der Waals surface area contributed by atoms with E-state index in [1.54, 1.807) is 12.0 Å². The number of hydrogen-bond acceptors (Lipinski definition) is 3. The van der Waals surface area contributed by atoms with Crippen molar-refractivity contribution >= 4 is 11.8 Å². The third kappa shape index (κ3) is 2.51. The zero-order valence-corrected chi connectivity index (χ0v) is 11.3. The fraction of sp³-hybridized carbons (Fsp3) is 0.846. The molecule has 5 heteroatoms. The summed E-state index contributed by atoms with van der Waals surface area (Å²) in [5, 5.41) is 2.78. The van der Waals surface area contributed by atoms with Crippen LogP contribution >= 0.6 is 0 Å². The first-order chi connectivity index (χ1) is 8.52. The second kappa shape index (κ2) is 5.26. The quantitative estimate of drug-likeness (QED) is 0.799. The van der Waals surface area contributed by atoms with Gasteiger partial charge in [0.1, 0.15) is 6.04 Å². The molecule has 2 rings (SSSR count). The molecule has 1 saturated carbocycles. The lowest BCUT2D eigenvalue weighted by Crippen LogP contribution is -2.61. The van der Waals surface area contributed by atoms with E-state index in [2.05, 4.69) is 5.32 Å². The van der Waals surface area contributed by atoms with Crippen molar-refractivity contribution in [3.8, 4) is 0 Å². The highest BCUT2D eigenvalue weighted by Gasteiger charge is 2.40. The average Bonchev–Trinajstić information content (AvgIpc) is 2.79. The fourth-order valence-corrected chi connectivity index (χ4v) is 2.87. The molecule has 1 N–H and O–H groups in total. The first-order valence-corrected chi connectivity index (χ1v) is 6.65. The summed E-state index contributed by atoms with van der Waals surface area (Å²) in [4.78, 5) is 25.8. The van der Waals surface area contributed by atoms with Crippen molar-refractivity contribution in [3.05, 3.63) is 0 Å². The van der Waals surface area contributed by atoms with Gasteiger partial charge in [-0.25, -0.2) is 0 Å². The Kier molecular flexibility index (Phi) is 3.90. The lowest BCUT2D eigenvalue weighted by molar-refractivity contribution is -0.148. The molecule has 3 atom stereocenters. The summed E-state index contributed by atoms with van der Waals surface area (Å²) >= 11 is 0. The molecule has 5 nitrogen and oxygen atoms in total. The second-order valence-electron chi connectivity index (χ2n) is 5.58. The van der Waals surface area contributed by atoms with Gasteiger partial charge in [-0.05, 0) is 25.2 Å². The van der Waals surface area contributed by atoms with Crippen LogP contribution in [0, 0.1) is 5.92 Å². The Balaban J connectivity index is 2.07. The largest absolute Gasteiger partial charge is 0.381 e. The van der Waals surface area contributed by atoms with Crippen LogP contribution in [0.5, 0.6) is 0 Å². The van der Waals surface area contributed by atoms with E-state index in [0.717, 1.165) is 19.3 Å². The van der Waals surface area contributed by atoms with E-state index in [4.69, 9.17) is 4.74 Å². The number of ether oxygens (including phenoxy) is 1. The molecule has 2 fully saturated rings. The minimum atomic E-state index is -0.368. The summed E-state index contributed by atoms with van der Waals surface area (Å²) < 4.78 is 5.33. The number of nitrogens with one attached hydrogen (secondary N) is 1. The molecule has 18 heavy (non-hydrogen) atoms. The van der Waals surface area contributed by atoms with E-state index in [9.17, 15) is 9.59 Å². The molecule has 1 aliphatic heterocycles. The fourth-order valence-electron chi connectivity index (χ4n) is 2.87. The number of piperazine rings is 1. The minimum absolute atomic E-state index is 0.0471. The van der Waals surface area contributed by atoms with E-state index in [1.165, 1.54) is 0 Å². The summed E-state index contributed by atoms with van der Waals surface area (Å²) in [5.74, 6) is 0.143. The molecule has 0 bridgehead atoms. The number of nitrogens with zero attached hydrogens (tertiary/aromatic N) is 1. The Hall–Kier alpha value is -1.10. The van der Waals surface area contributed by atoms with E-state index < -0.39 is 0 Å². The number of rotatable bonds is 3. The third-order valence-corrected chi connectivity index (χ3v) is 3.98. The summed E-state index contributed by atoms with van der Waals surface area (Å²) in [7, 11) is 1.70. The van der Waals surface area contributed by atoms with Crippen molar-refractivity contribution in [2.45, 2.75) is 51.3 Å². The number of carbonyl (C=O) groups is 2. The molecule has 102 valence electrons. The van der Waals surface area contributed by atoms with Gasteiger partial charge >= 0.3 is 0 Å². The van der Waals surface area contributed by atoms with Gasteiger partial charge in [-0.2, -0.15) is 0 Å². The Morgan fingerprint density at radius 3 is 2.61 bits per heavy atom. The van der Waals surface area contributed by atoms with Crippen LogP contribution in [-0.2, 0) is 14.3 Å². The van der Waals surface area contributed by atoms with Gasteiger partial charge < -0.3 is 15.0 Å². The van der Waals surface area contributed by atoms with Crippen LogP contribution in [0.3, 0.4) is 0 Å². The summed E-state index contributed by atoms with van der Waals surface area (Å²) in [6.07, 6.45) is 2.98. The maximum absolute atomic E-state index is 12.4. The van der Waals surface area contributed by atoms with Crippen LogP contribution in [0.2, 0.25) is 0 Å². The topological polar surface area (TPSA) is 58.6 Å². The van der Waals surface area contributed by atoms with Gasteiger partial charge in [0, 0.05) is 13.2 Å². The van der Waals surface area contributed by atoms with Crippen molar-refractivity contribution in [2.24, 2.45) is 5.92 Å². The normalized spacial score (nSPS) is 33.1. The maximum atomic E-state index is 12.4. The first-order valence-electron chi connectivity index (χ1n) is 6.65. The summed E-state index contributed by atoms with van der Waals surface area (Å²) in [6.45, 7) is 4.11. The van der Waals surface area contributed by atoms with Gasteiger partial charge in [-0.3, -0.25) is 9.59 Å². The molecule has 0 aromatic carbocycles. The Morgan fingerprint density at radius 1 is 1.33 bits per heavy atom. The molecular weight excluding hydrogens is 232 g/mol. The standard InChI is InChI=1S/C13H22N2O3/c1-8(2)12-13(17)15(7-11(16)14-12)9-4-5-10(6-9)18-3/h8-10,12H,4-7H2,1-3H3,(H,14,16). The van der Waals surface area contributed by atoms with Crippen LogP contribution in [0.25, 0.3) is 0 Å². The first kappa shape index (κ1) is 13.3. The molecule has 0 radical (unpaired) electrons. The lowest BCUT2D eigenvalue weighted by atomic mass is 9.99. The van der Waals surface area contributed by atoms with Crippen LogP contribution in [0.1, 0.15) is 33.1 Å². The van der Waals surface area contributed by atoms with Crippen LogP contribution < -0.4 is 5.32 Å². The van der Waals surface area contributed by atoms with Crippen molar-refractivity contribution in [2.75, 3.05) is 13.7 Å². The van der Waals surface area contributed by atoms with Gasteiger partial charge in [0.05, 0.1) is 12.6 Å². The molecule has 1 saturated heterocycles. The zero-order valence-electron chi connectivity index (χ0n) is 11.3. The minimum Gasteiger partial charge on any atom is -0.381 e. The predicted octanol–water partition coefficient (Wildman–Crippen LogP) is 0.537. The van der Waals surface area contributed by atoms with Crippen LogP contribution in [0.15, 0.2) is 0 Å². The Bertz CT molecular complexity index is 343. The highest BCUT2D eigenvalue weighted by molar-refractivity contribution is 5.95. The molecule has 1 aliphatic carbocycles. The van der Waals surface area contributed by atoms with E-state index in [-0.39, 0.29) is 42.5 Å². The van der Waals surface area contributed by atoms with Crippen LogP contribution in [0.4, 0.5) is 0 Å². The number of hydrogen-bond donors (Lipinski definition) is 1. The summed E-state index contributed by atoms with van der Waals surface area (Å²) in [5.41, 5.74) is 0. The maximum Gasteiger partial charge on any atom is 0.246 e. The average molecular weight is 254 g/mol. The number of carbonyl (C=O) groups excluding carboxylic acids is 2. The van der Waals surface area contributed by atoms with Gasteiger partial charge in [0.15, 0.2) is 0 Å². The Morgan fingerprint density at radius 2 is 2.06 bits per heavy atom. The molecular formula is C13H22N2O3. The molecule has 2 amide bonds. The van der Waals surface area contributed by atoms with Crippen molar-refractivity contribution in [3.63, 3.8) is 0 Å². The van der Waals surface area contributed by atoms with Crippen molar-refractivity contribution in [1.82, 2.24) is 10.2 Å². The Labute approximate surface area is 108 Å². The number of amides is 2. The molecule has 0 spiro atoms. The molecule has 2 aliphatic rings. The van der Waals surface area contributed by atoms with Gasteiger partial charge in [-0.1, -0.05) is 13.8 Å². The smallest absolute Gasteiger partial charge is 0.246 e. The lowest BCUT2D eigenvalue weighted by Gasteiger charge is -2.38. The summed E-state index contributed by atoms with van der Waals surface area (Å²) in [6, 6.07) is -0.206. The molecule has 1 heterocycles. The third-order valence-electron chi connectivity index (χ3n) is 3.98. The van der Waals surface area contributed by atoms with E-state index in [0.29, 0.717) is 0 Å². The highest BCUT2D eigenvalue weighted by Crippen LogP contribution is 2.28. The van der Waals surface area contributed by atoms with Crippen molar-refractivity contribution < 1.29 is 14.3 Å². The predicted molar refractivity (Wildman–Crippen MR) is 66.9 cm³/mol. The van der Waals surface area contributed by atoms with Crippen LogP contribution in [-0.4, -0.2) is 48.6 Å². The SMILES string of the molecule is COC1CCC(N2CC(=O)NC(C(C)C)C2=O)C1. The van der Waals surface area contributed by atoms with Gasteiger partial charge in [0.2, 0.25) is 11.8 Å². The van der Waals surface area contributed by atoms with Crippen molar-refractivity contribution in [1.29, 1.82) is 0 Å². The monoisotopic (exact) mass is 254 g/mol. The molecule has 3 unspecified atom stereocenters. The van der Waals surface area contributed by atoms with E-state index in [1.807, 2.05) is 13.8 Å². The zero-order chi connectivity index (χ0) is 13.3.